The summed E-state index contributed by atoms with van der Waals surface area (Å²) in [6.07, 6.45) is 1.13. The Hall–Kier alpha value is -0.00623. The van der Waals surface area contributed by atoms with E-state index in [1.165, 1.54) is 6.04 Å². The van der Waals surface area contributed by atoms with Gasteiger partial charge in [0.15, 0.2) is 0 Å². The van der Waals surface area contributed by atoms with Gasteiger partial charge in [-0.2, -0.15) is 0 Å². The van der Waals surface area contributed by atoms with Crippen LogP contribution in [-0.2, 0) is 0 Å². The third-order valence-corrected chi connectivity index (χ3v) is 3.39. The first-order valence-electron chi connectivity index (χ1n) is 4.21. The molecule has 0 heterocycles. The second-order valence-corrected chi connectivity index (χ2v) is 11.9. The van der Waals surface area contributed by atoms with E-state index >= 15 is 0 Å². The molecule has 0 aliphatic rings. The van der Waals surface area contributed by atoms with Gasteiger partial charge in [-0.25, -0.2) is 0 Å². The molecule has 0 unspecified atom stereocenters. The van der Waals surface area contributed by atoms with Crippen LogP contribution in [0.25, 0.3) is 0 Å². The normalized spacial score (nSPS) is 11.1. The maximum Gasteiger partial charge on any atom is 0.129 e. The molecule has 1 radical (unpaired) electrons. The zero-order valence-corrected chi connectivity index (χ0v) is 10.4. The lowest BCUT2D eigenvalue weighted by atomic mass is 10.5. The van der Waals surface area contributed by atoms with Gasteiger partial charge in [0.1, 0.15) is 8.07 Å². The van der Waals surface area contributed by atoms with Crippen molar-refractivity contribution in [1.82, 2.24) is 0 Å². The van der Waals surface area contributed by atoms with Gasteiger partial charge in [0.05, 0.1) is 0 Å². The van der Waals surface area contributed by atoms with Crippen molar-refractivity contribution in [1.29, 1.82) is 0 Å². The monoisotopic (exact) mass is 183 g/mol. The molecule has 0 aliphatic carbocycles. The number of hydrogen-bond acceptors (Lipinski definition) is 0. The van der Waals surface area contributed by atoms with E-state index in [-0.39, 0.29) is 8.80 Å². The third kappa shape index (κ3) is 9.99. The van der Waals surface area contributed by atoms with Crippen LogP contribution in [0.15, 0.2) is 0 Å². The Morgan fingerprint density at radius 2 is 1.73 bits per heavy atom. The van der Waals surface area contributed by atoms with Crippen molar-refractivity contribution < 1.29 is 0 Å². The van der Waals surface area contributed by atoms with Crippen LogP contribution < -0.4 is 0 Å². The Labute approximate surface area is 74.0 Å². The lowest BCUT2D eigenvalue weighted by molar-refractivity contribution is 1.23. The molecular formula is C9H19Si2. The van der Waals surface area contributed by atoms with E-state index in [1.807, 2.05) is 0 Å². The smallest absolute Gasteiger partial charge is 0.129 e. The summed E-state index contributed by atoms with van der Waals surface area (Å²) < 4.78 is 0. The molecule has 0 aromatic heterocycles. The van der Waals surface area contributed by atoms with Gasteiger partial charge in [-0.05, 0) is 6.04 Å². The molecular weight excluding hydrogens is 164 g/mol. The van der Waals surface area contributed by atoms with Crippen molar-refractivity contribution in [3.8, 4) is 11.5 Å². The molecule has 2 heteroatoms. The fraction of sp³-hybridized carbons (Fsp3) is 0.778. The molecule has 0 fully saturated rings. The van der Waals surface area contributed by atoms with Crippen LogP contribution in [0, 0.1) is 11.5 Å². The maximum atomic E-state index is 3.38. The van der Waals surface area contributed by atoms with Crippen LogP contribution in [0.3, 0.4) is 0 Å². The molecule has 0 saturated heterocycles. The Kier molecular flexibility index (Phi) is 4.79. The fourth-order valence-corrected chi connectivity index (χ4v) is 1.92. The van der Waals surface area contributed by atoms with E-state index in [2.05, 4.69) is 44.2 Å². The minimum atomic E-state index is -1.08. The molecule has 0 bridgehead atoms. The van der Waals surface area contributed by atoms with Crippen molar-refractivity contribution in [2.75, 3.05) is 0 Å². The average Bonchev–Trinajstić information content (AvgIpc) is 1.78. The lowest BCUT2D eigenvalue weighted by Gasteiger charge is -2.03. The van der Waals surface area contributed by atoms with E-state index in [4.69, 9.17) is 0 Å². The molecule has 0 N–H and O–H groups in total. The maximum absolute atomic E-state index is 3.38. The van der Waals surface area contributed by atoms with Gasteiger partial charge in [-0.3, -0.25) is 0 Å². The van der Waals surface area contributed by atoms with Crippen LogP contribution in [0.5, 0.6) is 0 Å². The molecule has 0 spiro atoms. The van der Waals surface area contributed by atoms with Gasteiger partial charge >= 0.3 is 0 Å². The van der Waals surface area contributed by atoms with E-state index in [0.29, 0.717) is 0 Å². The SMILES string of the molecule is C[Si](C)CCC#C[Si](C)(C)C. The first-order chi connectivity index (χ1) is 4.92. The highest BCUT2D eigenvalue weighted by Crippen LogP contribution is 1.99. The van der Waals surface area contributed by atoms with Crippen molar-refractivity contribution in [3.63, 3.8) is 0 Å². The molecule has 0 rings (SSSR count). The molecule has 0 atom stereocenters. The van der Waals surface area contributed by atoms with Gasteiger partial charge in [0.2, 0.25) is 0 Å². The molecule has 0 aliphatic heterocycles. The first kappa shape index (κ1) is 11.0. The lowest BCUT2D eigenvalue weighted by Crippen LogP contribution is -2.16. The summed E-state index contributed by atoms with van der Waals surface area (Å²) in [4.78, 5) is 0. The third-order valence-electron chi connectivity index (χ3n) is 1.21. The highest BCUT2D eigenvalue weighted by Gasteiger charge is 2.06. The molecule has 0 saturated carbocycles. The van der Waals surface area contributed by atoms with Crippen LogP contribution in [-0.4, -0.2) is 16.9 Å². The molecule has 0 nitrogen and oxygen atoms in total. The fourth-order valence-electron chi connectivity index (χ4n) is 0.640. The Balaban J connectivity index is 3.57. The van der Waals surface area contributed by atoms with Crippen molar-refractivity contribution in [2.24, 2.45) is 0 Å². The van der Waals surface area contributed by atoms with Gasteiger partial charge in [0, 0.05) is 15.2 Å². The summed E-state index contributed by atoms with van der Waals surface area (Å²) in [6, 6.07) is 1.35. The zero-order valence-electron chi connectivity index (χ0n) is 8.41. The van der Waals surface area contributed by atoms with Gasteiger partial charge in [0.25, 0.3) is 0 Å². The van der Waals surface area contributed by atoms with Crippen molar-refractivity contribution >= 4 is 16.9 Å². The Morgan fingerprint density at radius 1 is 1.18 bits per heavy atom. The highest BCUT2D eigenvalue weighted by molar-refractivity contribution is 6.83. The molecule has 11 heavy (non-hydrogen) atoms. The summed E-state index contributed by atoms with van der Waals surface area (Å²) in [5.74, 6) is 3.29. The Morgan fingerprint density at radius 3 is 2.09 bits per heavy atom. The predicted molar refractivity (Wildman–Crippen MR) is 58.0 cm³/mol. The summed E-state index contributed by atoms with van der Waals surface area (Å²) in [7, 11) is -1.12. The molecule has 0 aromatic rings. The summed E-state index contributed by atoms with van der Waals surface area (Å²) in [5, 5.41) is 0. The first-order valence-corrected chi connectivity index (χ1v) is 10.4. The minimum Gasteiger partial charge on any atom is -0.132 e. The average molecular weight is 183 g/mol. The van der Waals surface area contributed by atoms with Crippen molar-refractivity contribution in [2.45, 2.75) is 45.2 Å². The largest absolute Gasteiger partial charge is 0.132 e. The van der Waals surface area contributed by atoms with Crippen LogP contribution >= 0.6 is 0 Å². The van der Waals surface area contributed by atoms with Gasteiger partial charge in [-0.1, -0.05) is 32.7 Å². The molecule has 0 amide bonds. The van der Waals surface area contributed by atoms with Gasteiger partial charge in [-0.15, -0.1) is 11.5 Å². The van der Waals surface area contributed by atoms with Crippen LogP contribution in [0.1, 0.15) is 6.42 Å². The van der Waals surface area contributed by atoms with Crippen LogP contribution in [0.2, 0.25) is 38.8 Å². The van der Waals surface area contributed by atoms with Gasteiger partial charge < -0.3 is 0 Å². The van der Waals surface area contributed by atoms with E-state index in [9.17, 15) is 0 Å². The summed E-state index contributed by atoms with van der Waals surface area (Å²) in [6.45, 7) is 11.6. The Bertz CT molecular complexity index is 155. The van der Waals surface area contributed by atoms with E-state index in [0.717, 1.165) is 6.42 Å². The summed E-state index contributed by atoms with van der Waals surface area (Å²) >= 11 is 0. The molecule has 0 aromatic carbocycles. The quantitative estimate of drug-likeness (QED) is 0.456. The topological polar surface area (TPSA) is 0 Å². The minimum absolute atomic E-state index is 0.0391. The zero-order chi connectivity index (χ0) is 8.91. The second kappa shape index (κ2) is 4.79. The van der Waals surface area contributed by atoms with E-state index in [1.54, 1.807) is 0 Å². The van der Waals surface area contributed by atoms with E-state index < -0.39 is 8.07 Å². The summed E-state index contributed by atoms with van der Waals surface area (Å²) in [5.41, 5.74) is 3.38. The second-order valence-electron chi connectivity index (χ2n) is 4.26. The van der Waals surface area contributed by atoms with Crippen LogP contribution in [0.4, 0.5) is 0 Å². The number of hydrogen-bond donors (Lipinski definition) is 0. The highest BCUT2D eigenvalue weighted by atomic mass is 28.3. The number of rotatable bonds is 2. The predicted octanol–water partition coefficient (Wildman–Crippen LogP) is 3.01. The standard InChI is InChI=1S/C9H19Si2/c1-10(2)8-6-7-9-11(3,4)5/h6,8H2,1-5H3. The molecule has 63 valence electrons. The van der Waals surface area contributed by atoms with Crippen molar-refractivity contribution in [3.05, 3.63) is 0 Å².